The van der Waals surface area contributed by atoms with Gasteiger partial charge in [0.25, 0.3) is 0 Å². The second-order valence-corrected chi connectivity index (χ2v) is 10.3. The van der Waals surface area contributed by atoms with Gasteiger partial charge in [-0.2, -0.15) is 0 Å². The first kappa shape index (κ1) is 28.3. The monoisotopic (exact) mass is 504 g/mol. The van der Waals surface area contributed by atoms with Crippen LogP contribution in [0.2, 0.25) is 0 Å². The molecule has 0 spiro atoms. The summed E-state index contributed by atoms with van der Waals surface area (Å²) in [5, 5.41) is 17.6. The zero-order valence-electron chi connectivity index (χ0n) is 21.1. The third-order valence-electron chi connectivity index (χ3n) is 5.02. The first-order valence-electron chi connectivity index (χ1n) is 11.9. The summed E-state index contributed by atoms with van der Waals surface area (Å²) in [5.74, 6) is 0.439. The molecule has 2 rings (SSSR count). The van der Waals surface area contributed by atoms with Gasteiger partial charge in [-0.25, -0.2) is 9.48 Å². The van der Waals surface area contributed by atoms with Crippen molar-refractivity contribution in [1.82, 2.24) is 30.8 Å². The van der Waals surface area contributed by atoms with Crippen LogP contribution in [-0.2, 0) is 27.5 Å². The van der Waals surface area contributed by atoms with E-state index in [4.69, 9.17) is 4.74 Å². The van der Waals surface area contributed by atoms with Crippen molar-refractivity contribution in [2.24, 2.45) is 11.8 Å². The van der Waals surface area contributed by atoms with E-state index < -0.39 is 24.1 Å². The first-order chi connectivity index (χ1) is 16.7. The van der Waals surface area contributed by atoms with Crippen LogP contribution in [0, 0.1) is 11.8 Å². The fraction of sp³-hybridized carbons (Fsp3) is 0.583. The van der Waals surface area contributed by atoms with Crippen molar-refractivity contribution in [2.75, 3.05) is 5.75 Å². The van der Waals surface area contributed by atoms with Crippen LogP contribution in [0.4, 0.5) is 4.79 Å². The number of benzene rings is 1. The summed E-state index contributed by atoms with van der Waals surface area (Å²) in [6, 6.07) is 7.73. The quantitative estimate of drug-likeness (QED) is 0.375. The van der Waals surface area contributed by atoms with Gasteiger partial charge in [-0.1, -0.05) is 76.7 Å². The number of amides is 2. The number of thioether (sulfide) groups is 1. The van der Waals surface area contributed by atoms with Crippen molar-refractivity contribution < 1.29 is 19.1 Å². The summed E-state index contributed by atoms with van der Waals surface area (Å²) < 4.78 is 6.73. The second-order valence-electron chi connectivity index (χ2n) is 9.10. The van der Waals surface area contributed by atoms with E-state index >= 15 is 0 Å². The average Bonchev–Trinajstić information content (AvgIpc) is 3.23. The number of ketones is 1. The molecule has 2 N–H and O–H groups in total. The third-order valence-corrected chi connectivity index (χ3v) is 5.86. The van der Waals surface area contributed by atoms with Crippen molar-refractivity contribution >= 4 is 29.5 Å². The highest BCUT2D eigenvalue weighted by molar-refractivity contribution is 7.99. The zero-order chi connectivity index (χ0) is 25.8. The van der Waals surface area contributed by atoms with Crippen molar-refractivity contribution in [3.05, 3.63) is 35.9 Å². The third kappa shape index (κ3) is 10.1. The van der Waals surface area contributed by atoms with E-state index in [2.05, 4.69) is 26.2 Å². The highest BCUT2D eigenvalue weighted by Crippen LogP contribution is 2.14. The molecule has 0 saturated heterocycles. The number of carbonyl (C=O) groups excluding carboxylic acids is 3. The van der Waals surface area contributed by atoms with Crippen LogP contribution in [0.1, 0.15) is 53.0 Å². The van der Waals surface area contributed by atoms with Crippen LogP contribution in [0.25, 0.3) is 0 Å². The van der Waals surface area contributed by atoms with E-state index in [0.717, 1.165) is 11.3 Å². The minimum absolute atomic E-state index is 0.0472. The Hall–Kier alpha value is -2.95. The summed E-state index contributed by atoms with van der Waals surface area (Å²) in [4.78, 5) is 38.7. The Morgan fingerprint density at radius 1 is 1.00 bits per heavy atom. The van der Waals surface area contributed by atoms with Crippen molar-refractivity contribution in [3.8, 4) is 0 Å². The van der Waals surface area contributed by atoms with Gasteiger partial charge in [0.2, 0.25) is 11.1 Å². The standard InChI is InChI=1S/C24H36N6O4S/c1-6-35-23-27-28-29-30(23)14-21(31)19(12-16(2)3)25-22(32)20(13-17(4)5)26-24(33)34-15-18-10-8-7-9-11-18/h7-11,16-17,19-20H,6,12-15H2,1-5H3,(H,25,32)(H,26,33)/t19-,20-/m0/s1. The maximum atomic E-state index is 13.2. The van der Waals surface area contributed by atoms with E-state index in [0.29, 0.717) is 18.0 Å². The Bertz CT molecular complexity index is 951. The summed E-state index contributed by atoms with van der Waals surface area (Å²) in [6.07, 6.45) is 0.172. The smallest absolute Gasteiger partial charge is 0.408 e. The number of hydrogen-bond acceptors (Lipinski definition) is 8. The van der Waals surface area contributed by atoms with Crippen LogP contribution >= 0.6 is 11.8 Å². The number of nitrogens with one attached hydrogen (secondary N) is 2. The van der Waals surface area contributed by atoms with Crippen LogP contribution in [0.3, 0.4) is 0 Å². The number of tetrazole rings is 1. The lowest BCUT2D eigenvalue weighted by molar-refractivity contribution is -0.130. The number of ether oxygens (including phenoxy) is 1. The molecule has 192 valence electrons. The molecule has 0 bridgehead atoms. The molecule has 1 aromatic carbocycles. The maximum Gasteiger partial charge on any atom is 0.408 e. The molecular weight excluding hydrogens is 468 g/mol. The summed E-state index contributed by atoms with van der Waals surface area (Å²) in [6.45, 7) is 9.89. The lowest BCUT2D eigenvalue weighted by Crippen LogP contribution is -2.52. The minimum Gasteiger partial charge on any atom is -0.445 e. The molecule has 10 nitrogen and oxygen atoms in total. The predicted molar refractivity (Wildman–Crippen MR) is 134 cm³/mol. The molecule has 11 heteroatoms. The van der Waals surface area contributed by atoms with E-state index in [-0.39, 0.29) is 30.8 Å². The normalized spacial score (nSPS) is 12.9. The molecule has 1 heterocycles. The summed E-state index contributed by atoms with van der Waals surface area (Å²) in [5.41, 5.74) is 0.846. The molecule has 2 aromatic rings. The topological polar surface area (TPSA) is 128 Å². The van der Waals surface area contributed by atoms with Crippen LogP contribution in [-0.4, -0.2) is 55.8 Å². The molecule has 2 atom stereocenters. The minimum atomic E-state index is -0.833. The number of aromatic nitrogens is 4. The Morgan fingerprint density at radius 3 is 2.29 bits per heavy atom. The van der Waals surface area contributed by atoms with E-state index in [1.54, 1.807) is 0 Å². The van der Waals surface area contributed by atoms with Gasteiger partial charge >= 0.3 is 6.09 Å². The zero-order valence-corrected chi connectivity index (χ0v) is 21.9. The van der Waals surface area contributed by atoms with Crippen molar-refractivity contribution in [2.45, 2.75) is 77.9 Å². The van der Waals surface area contributed by atoms with Crippen molar-refractivity contribution in [1.29, 1.82) is 0 Å². The predicted octanol–water partition coefficient (Wildman–Crippen LogP) is 3.23. The van der Waals surface area contributed by atoms with E-state index in [9.17, 15) is 14.4 Å². The van der Waals surface area contributed by atoms with Crippen LogP contribution in [0.15, 0.2) is 35.5 Å². The molecule has 0 saturated carbocycles. The average molecular weight is 505 g/mol. The highest BCUT2D eigenvalue weighted by Gasteiger charge is 2.29. The Kier molecular flexibility index (Phi) is 11.7. The number of hydrogen-bond donors (Lipinski definition) is 2. The lowest BCUT2D eigenvalue weighted by Gasteiger charge is -2.24. The van der Waals surface area contributed by atoms with Crippen molar-refractivity contribution in [3.63, 3.8) is 0 Å². The molecule has 0 unspecified atom stereocenters. The molecule has 35 heavy (non-hydrogen) atoms. The van der Waals surface area contributed by atoms with E-state index in [1.807, 2.05) is 65.0 Å². The number of nitrogens with zero attached hydrogens (tertiary/aromatic N) is 4. The van der Waals surface area contributed by atoms with Gasteiger partial charge in [0.05, 0.1) is 6.04 Å². The maximum absolute atomic E-state index is 13.2. The van der Waals surface area contributed by atoms with Crippen LogP contribution < -0.4 is 10.6 Å². The SMILES string of the molecule is CCSc1nnnn1CC(=O)[C@H](CC(C)C)NC(=O)[C@H](CC(C)C)NC(=O)OCc1ccccc1. The van der Waals surface area contributed by atoms with Gasteiger partial charge in [-0.15, -0.1) is 5.10 Å². The largest absolute Gasteiger partial charge is 0.445 e. The molecule has 0 radical (unpaired) electrons. The number of Topliss-reactive ketones (excluding diaryl/α,β-unsaturated/α-hetero) is 1. The second kappa shape index (κ2) is 14.4. The Morgan fingerprint density at radius 2 is 1.66 bits per heavy atom. The molecule has 0 fully saturated rings. The van der Waals surface area contributed by atoms with Gasteiger partial charge in [0.1, 0.15) is 19.2 Å². The number of carbonyl (C=O) groups is 3. The first-order valence-corrected chi connectivity index (χ1v) is 12.9. The van der Waals surface area contributed by atoms with Gasteiger partial charge in [-0.3, -0.25) is 9.59 Å². The number of rotatable bonds is 14. The molecule has 0 aliphatic heterocycles. The van der Waals surface area contributed by atoms with Crippen LogP contribution in [0.5, 0.6) is 0 Å². The molecule has 1 aromatic heterocycles. The van der Waals surface area contributed by atoms with Gasteiger partial charge in [-0.05, 0) is 46.4 Å². The van der Waals surface area contributed by atoms with Gasteiger partial charge < -0.3 is 15.4 Å². The van der Waals surface area contributed by atoms with Gasteiger partial charge in [0, 0.05) is 0 Å². The molecule has 0 aliphatic rings. The Balaban J connectivity index is 2.05. The fourth-order valence-corrected chi connectivity index (χ4v) is 4.01. The molecular formula is C24H36N6O4S. The number of alkyl carbamates (subject to hydrolysis) is 1. The fourth-order valence-electron chi connectivity index (χ4n) is 3.41. The Labute approximate surface area is 210 Å². The molecule has 0 aliphatic carbocycles. The highest BCUT2D eigenvalue weighted by atomic mass is 32.2. The lowest BCUT2D eigenvalue weighted by atomic mass is 9.98. The molecule has 2 amide bonds. The van der Waals surface area contributed by atoms with E-state index in [1.165, 1.54) is 16.4 Å². The van der Waals surface area contributed by atoms with Gasteiger partial charge in [0.15, 0.2) is 5.78 Å². The summed E-state index contributed by atoms with van der Waals surface area (Å²) >= 11 is 1.44. The summed E-state index contributed by atoms with van der Waals surface area (Å²) in [7, 11) is 0.